The van der Waals surface area contributed by atoms with Gasteiger partial charge in [0.1, 0.15) is 0 Å². The van der Waals surface area contributed by atoms with Crippen molar-refractivity contribution >= 4 is 10.9 Å². The molecule has 0 bridgehead atoms. The quantitative estimate of drug-likeness (QED) is 0.519. The second-order valence-electron chi connectivity index (χ2n) is 4.15. The van der Waals surface area contributed by atoms with Crippen LogP contribution in [0.5, 0.6) is 0 Å². The summed E-state index contributed by atoms with van der Waals surface area (Å²) in [5.74, 6) is 0. The standard InChI is InChI=1S/C15H19N/c1-3-5-6-11-16-12-10-14-9-7-8-13(4-2)15(14)16/h3,7-10,12H,1,4-6,11H2,2H3. The van der Waals surface area contributed by atoms with Gasteiger partial charge in [0.25, 0.3) is 0 Å². The molecule has 1 heterocycles. The van der Waals surface area contributed by atoms with Gasteiger partial charge in [-0.1, -0.05) is 31.2 Å². The zero-order chi connectivity index (χ0) is 11.4. The maximum Gasteiger partial charge on any atom is 0.0512 e. The number of benzene rings is 1. The molecular weight excluding hydrogens is 194 g/mol. The van der Waals surface area contributed by atoms with E-state index >= 15 is 0 Å². The summed E-state index contributed by atoms with van der Waals surface area (Å²) in [4.78, 5) is 0. The minimum absolute atomic E-state index is 1.09. The molecule has 0 radical (unpaired) electrons. The molecule has 0 unspecified atom stereocenters. The Balaban J connectivity index is 2.34. The first-order chi connectivity index (χ1) is 7.86. The lowest BCUT2D eigenvalue weighted by Crippen LogP contribution is -1.97. The van der Waals surface area contributed by atoms with E-state index in [0.717, 1.165) is 19.4 Å². The van der Waals surface area contributed by atoms with E-state index in [1.807, 2.05) is 6.08 Å². The minimum atomic E-state index is 1.09. The van der Waals surface area contributed by atoms with Gasteiger partial charge < -0.3 is 4.57 Å². The smallest absolute Gasteiger partial charge is 0.0512 e. The Bertz CT molecular complexity index is 479. The maximum absolute atomic E-state index is 3.77. The van der Waals surface area contributed by atoms with Crippen molar-refractivity contribution in [1.29, 1.82) is 0 Å². The highest BCUT2D eigenvalue weighted by molar-refractivity contribution is 5.83. The number of nitrogens with zero attached hydrogens (tertiary/aromatic N) is 1. The molecule has 0 aliphatic rings. The number of hydrogen-bond acceptors (Lipinski definition) is 0. The minimum Gasteiger partial charge on any atom is -0.347 e. The molecule has 0 atom stereocenters. The summed E-state index contributed by atoms with van der Waals surface area (Å²) >= 11 is 0. The lowest BCUT2D eigenvalue weighted by atomic mass is 10.1. The number of fused-ring (bicyclic) bond motifs is 1. The molecule has 0 spiro atoms. The van der Waals surface area contributed by atoms with E-state index in [-0.39, 0.29) is 0 Å². The van der Waals surface area contributed by atoms with Crippen molar-refractivity contribution in [2.45, 2.75) is 32.7 Å². The van der Waals surface area contributed by atoms with Gasteiger partial charge in [0, 0.05) is 12.7 Å². The third-order valence-corrected chi connectivity index (χ3v) is 3.06. The first kappa shape index (κ1) is 11.0. The van der Waals surface area contributed by atoms with Crippen LogP contribution in [0.3, 0.4) is 0 Å². The second kappa shape index (κ2) is 5.02. The number of unbranched alkanes of at least 4 members (excludes halogenated alkanes) is 1. The van der Waals surface area contributed by atoms with Crippen LogP contribution in [0.4, 0.5) is 0 Å². The summed E-state index contributed by atoms with van der Waals surface area (Å²) in [5.41, 5.74) is 2.86. The molecule has 0 amide bonds. The SMILES string of the molecule is C=CCCCn1ccc2cccc(CC)c21. The van der Waals surface area contributed by atoms with Crippen LogP contribution in [-0.4, -0.2) is 4.57 Å². The molecule has 0 saturated heterocycles. The van der Waals surface area contributed by atoms with Gasteiger partial charge in [-0.15, -0.1) is 6.58 Å². The Hall–Kier alpha value is -1.50. The average molecular weight is 213 g/mol. The third-order valence-electron chi connectivity index (χ3n) is 3.06. The molecule has 0 aliphatic carbocycles. The Labute approximate surface area is 97.4 Å². The monoisotopic (exact) mass is 213 g/mol. The third kappa shape index (κ3) is 2.04. The van der Waals surface area contributed by atoms with E-state index < -0.39 is 0 Å². The molecule has 0 aliphatic heterocycles. The van der Waals surface area contributed by atoms with Crippen LogP contribution in [0.15, 0.2) is 43.1 Å². The zero-order valence-electron chi connectivity index (χ0n) is 9.95. The Morgan fingerprint density at radius 2 is 2.19 bits per heavy atom. The van der Waals surface area contributed by atoms with Crippen LogP contribution < -0.4 is 0 Å². The molecule has 1 aromatic heterocycles. The predicted octanol–water partition coefficient (Wildman–Crippen LogP) is 4.17. The Morgan fingerprint density at radius 3 is 2.94 bits per heavy atom. The molecule has 84 valence electrons. The van der Waals surface area contributed by atoms with E-state index in [9.17, 15) is 0 Å². The summed E-state index contributed by atoms with van der Waals surface area (Å²) < 4.78 is 2.37. The molecule has 1 heteroatoms. The number of aryl methyl sites for hydroxylation is 2. The van der Waals surface area contributed by atoms with Crippen LogP contribution >= 0.6 is 0 Å². The Morgan fingerprint density at radius 1 is 1.31 bits per heavy atom. The topological polar surface area (TPSA) is 4.93 Å². The highest BCUT2D eigenvalue weighted by Crippen LogP contribution is 2.21. The van der Waals surface area contributed by atoms with Crippen molar-refractivity contribution in [2.24, 2.45) is 0 Å². The molecular formula is C15H19N. The summed E-state index contributed by atoms with van der Waals surface area (Å²) in [7, 11) is 0. The van der Waals surface area contributed by atoms with Gasteiger partial charge in [0.15, 0.2) is 0 Å². The van der Waals surface area contributed by atoms with Gasteiger partial charge >= 0.3 is 0 Å². The lowest BCUT2D eigenvalue weighted by molar-refractivity contribution is 0.669. The lowest BCUT2D eigenvalue weighted by Gasteiger charge is -2.07. The van der Waals surface area contributed by atoms with Crippen molar-refractivity contribution < 1.29 is 0 Å². The normalized spacial score (nSPS) is 10.8. The van der Waals surface area contributed by atoms with Crippen molar-refractivity contribution in [3.63, 3.8) is 0 Å². The second-order valence-corrected chi connectivity index (χ2v) is 4.15. The van der Waals surface area contributed by atoms with Crippen LogP contribution in [0.1, 0.15) is 25.3 Å². The maximum atomic E-state index is 3.77. The average Bonchev–Trinajstić information content (AvgIpc) is 2.73. The number of rotatable bonds is 5. The molecule has 0 fully saturated rings. The van der Waals surface area contributed by atoms with E-state index in [4.69, 9.17) is 0 Å². The summed E-state index contributed by atoms with van der Waals surface area (Å²) in [6.45, 7) is 7.07. The fourth-order valence-corrected chi connectivity index (χ4v) is 2.22. The number of allylic oxidation sites excluding steroid dienone is 1. The highest BCUT2D eigenvalue weighted by atomic mass is 14.9. The summed E-state index contributed by atoms with van der Waals surface area (Å²) in [6, 6.07) is 8.78. The molecule has 2 aromatic rings. The van der Waals surface area contributed by atoms with E-state index in [0.29, 0.717) is 0 Å². The molecule has 0 saturated carbocycles. The number of hydrogen-bond donors (Lipinski definition) is 0. The summed E-state index contributed by atoms with van der Waals surface area (Å²) in [5, 5.41) is 1.36. The molecule has 0 N–H and O–H groups in total. The molecule has 1 nitrogen and oxygen atoms in total. The molecule has 1 aromatic carbocycles. The first-order valence-electron chi connectivity index (χ1n) is 6.04. The zero-order valence-corrected chi connectivity index (χ0v) is 9.95. The first-order valence-corrected chi connectivity index (χ1v) is 6.04. The Kier molecular flexibility index (Phi) is 3.45. The van der Waals surface area contributed by atoms with Gasteiger partial charge in [0.2, 0.25) is 0 Å². The fraction of sp³-hybridized carbons (Fsp3) is 0.333. The van der Waals surface area contributed by atoms with E-state index in [2.05, 4.69) is 48.5 Å². The van der Waals surface area contributed by atoms with Crippen molar-refractivity contribution in [1.82, 2.24) is 4.57 Å². The van der Waals surface area contributed by atoms with Crippen LogP contribution in [-0.2, 0) is 13.0 Å². The van der Waals surface area contributed by atoms with Crippen LogP contribution in [0.2, 0.25) is 0 Å². The number of aromatic nitrogens is 1. The van der Waals surface area contributed by atoms with Gasteiger partial charge in [-0.05, 0) is 36.3 Å². The van der Waals surface area contributed by atoms with Crippen LogP contribution in [0, 0.1) is 0 Å². The van der Waals surface area contributed by atoms with Gasteiger partial charge in [-0.2, -0.15) is 0 Å². The molecule has 2 rings (SSSR count). The molecule has 16 heavy (non-hydrogen) atoms. The fourth-order valence-electron chi connectivity index (χ4n) is 2.22. The van der Waals surface area contributed by atoms with E-state index in [1.54, 1.807) is 0 Å². The number of para-hydroxylation sites is 1. The van der Waals surface area contributed by atoms with E-state index in [1.165, 1.54) is 22.9 Å². The largest absolute Gasteiger partial charge is 0.347 e. The van der Waals surface area contributed by atoms with Crippen LogP contribution in [0.25, 0.3) is 10.9 Å². The highest BCUT2D eigenvalue weighted by Gasteiger charge is 2.04. The van der Waals surface area contributed by atoms with Crippen molar-refractivity contribution in [3.8, 4) is 0 Å². The van der Waals surface area contributed by atoms with Gasteiger partial charge in [-0.25, -0.2) is 0 Å². The van der Waals surface area contributed by atoms with Crippen molar-refractivity contribution in [2.75, 3.05) is 0 Å². The van der Waals surface area contributed by atoms with Gasteiger partial charge in [0.05, 0.1) is 5.52 Å². The predicted molar refractivity (Wildman–Crippen MR) is 70.7 cm³/mol. The van der Waals surface area contributed by atoms with Gasteiger partial charge in [-0.3, -0.25) is 0 Å². The van der Waals surface area contributed by atoms with Crippen molar-refractivity contribution in [3.05, 3.63) is 48.7 Å². The summed E-state index contributed by atoms with van der Waals surface area (Å²) in [6.07, 6.45) is 7.56.